The van der Waals surface area contributed by atoms with E-state index in [1.807, 2.05) is 0 Å². The van der Waals surface area contributed by atoms with Crippen LogP contribution in [-0.4, -0.2) is 25.8 Å². The lowest BCUT2D eigenvalue weighted by atomic mass is 10.1. The molecule has 0 aliphatic carbocycles. The van der Waals surface area contributed by atoms with E-state index in [0.717, 1.165) is 10.1 Å². The molecule has 0 fully saturated rings. The highest BCUT2D eigenvalue weighted by molar-refractivity contribution is 6.31. The number of hydrogen-bond donors (Lipinski definition) is 1. The van der Waals surface area contributed by atoms with E-state index in [0.29, 0.717) is 22.3 Å². The Hall–Kier alpha value is -2.61. The highest BCUT2D eigenvalue weighted by Gasteiger charge is 2.38. The van der Waals surface area contributed by atoms with E-state index in [1.54, 1.807) is 24.3 Å². The average Bonchev–Trinajstić information content (AvgIpc) is 2.91. The average molecular weight is 356 g/mol. The maximum atomic E-state index is 12.9. The molecule has 0 unspecified atom stereocenters. The topological polar surface area (TPSA) is 68.0 Å². The van der Waals surface area contributed by atoms with Gasteiger partial charge in [-0.1, -0.05) is 17.7 Å². The fraction of sp³-hybridized carbons (Fsp3) is 0.133. The monoisotopic (exact) mass is 355 g/mol. The normalized spacial score (nSPS) is 11.8. The molecular weight excluding hydrogens is 347 g/mol. The van der Waals surface area contributed by atoms with E-state index in [2.05, 4.69) is 10.1 Å². The van der Waals surface area contributed by atoms with Crippen molar-refractivity contribution in [2.24, 2.45) is 0 Å². The van der Waals surface area contributed by atoms with Crippen LogP contribution < -0.4 is 0 Å². The molecule has 1 aromatic carbocycles. The third-order valence-electron chi connectivity index (χ3n) is 3.33. The van der Waals surface area contributed by atoms with Gasteiger partial charge in [0.15, 0.2) is 5.69 Å². The number of carboxylic acids is 1. The van der Waals surface area contributed by atoms with Gasteiger partial charge >= 0.3 is 12.1 Å². The van der Waals surface area contributed by atoms with Crippen LogP contribution in [0.2, 0.25) is 5.02 Å². The van der Waals surface area contributed by atoms with Gasteiger partial charge in [-0.05, 0) is 23.8 Å². The Morgan fingerprint density at radius 3 is 2.67 bits per heavy atom. The molecule has 0 saturated heterocycles. The van der Waals surface area contributed by atoms with Crippen molar-refractivity contribution in [1.82, 2.24) is 14.8 Å². The highest BCUT2D eigenvalue weighted by Crippen LogP contribution is 2.31. The molecule has 2 heterocycles. The lowest BCUT2D eigenvalue weighted by molar-refractivity contribution is -0.138. The van der Waals surface area contributed by atoms with Crippen molar-refractivity contribution in [3.05, 3.63) is 58.5 Å². The molecule has 0 bridgehead atoms. The molecular formula is C15H9ClF3N3O2. The number of halogens is 4. The molecule has 0 radical (unpaired) electrons. The third-order valence-corrected chi connectivity index (χ3v) is 3.53. The first-order valence-electron chi connectivity index (χ1n) is 6.66. The third kappa shape index (κ3) is 3.18. The minimum Gasteiger partial charge on any atom is -0.476 e. The molecule has 0 aliphatic rings. The van der Waals surface area contributed by atoms with Crippen LogP contribution in [-0.2, 0) is 12.7 Å². The number of aromatic carboxylic acids is 1. The summed E-state index contributed by atoms with van der Waals surface area (Å²) in [6.45, 7) is -0.0151. The Morgan fingerprint density at radius 1 is 1.29 bits per heavy atom. The minimum atomic E-state index is -4.78. The summed E-state index contributed by atoms with van der Waals surface area (Å²) in [5.74, 6) is -1.73. The summed E-state index contributed by atoms with van der Waals surface area (Å²) >= 11 is 5.87. The smallest absolute Gasteiger partial charge is 0.420 e. The van der Waals surface area contributed by atoms with E-state index in [-0.39, 0.29) is 6.54 Å². The lowest BCUT2D eigenvalue weighted by Gasteiger charge is -2.05. The predicted molar refractivity (Wildman–Crippen MR) is 80.0 cm³/mol. The van der Waals surface area contributed by atoms with Crippen molar-refractivity contribution < 1.29 is 23.1 Å². The van der Waals surface area contributed by atoms with Gasteiger partial charge in [0.05, 0.1) is 17.1 Å². The second kappa shape index (κ2) is 5.79. The Bertz CT molecular complexity index is 937. The maximum absolute atomic E-state index is 12.9. The standard InChI is InChI=1S/C15H9ClF3N3O2/c16-10-4-9-3-8(1-2-12(9)20-5-10)6-22-7-11(15(17,18)19)13(21-22)14(23)24/h1-5,7H,6H2,(H,23,24). The summed E-state index contributed by atoms with van der Waals surface area (Å²) in [5, 5.41) is 13.6. The molecule has 3 aromatic rings. The van der Waals surface area contributed by atoms with Gasteiger partial charge in [0, 0.05) is 17.8 Å². The Morgan fingerprint density at radius 2 is 2.04 bits per heavy atom. The molecule has 1 N–H and O–H groups in total. The summed E-state index contributed by atoms with van der Waals surface area (Å²) < 4.78 is 39.6. The van der Waals surface area contributed by atoms with Gasteiger partial charge in [-0.25, -0.2) is 4.79 Å². The fourth-order valence-electron chi connectivity index (χ4n) is 2.31. The number of fused-ring (bicyclic) bond motifs is 1. The van der Waals surface area contributed by atoms with E-state index in [4.69, 9.17) is 16.7 Å². The lowest BCUT2D eigenvalue weighted by Crippen LogP contribution is -2.11. The maximum Gasteiger partial charge on any atom is 0.420 e. The van der Waals surface area contributed by atoms with Crippen LogP contribution in [0.3, 0.4) is 0 Å². The van der Waals surface area contributed by atoms with Gasteiger partial charge in [0.25, 0.3) is 0 Å². The number of alkyl halides is 3. The fourth-order valence-corrected chi connectivity index (χ4v) is 2.47. The van der Waals surface area contributed by atoms with Gasteiger partial charge < -0.3 is 5.11 Å². The van der Waals surface area contributed by atoms with Crippen LogP contribution in [0.15, 0.2) is 36.7 Å². The molecule has 0 atom stereocenters. The number of pyridine rings is 1. The molecule has 2 aromatic heterocycles. The SMILES string of the molecule is O=C(O)c1nn(Cc2ccc3ncc(Cl)cc3c2)cc1C(F)(F)F. The summed E-state index contributed by atoms with van der Waals surface area (Å²) in [7, 11) is 0. The van der Waals surface area contributed by atoms with E-state index >= 15 is 0 Å². The van der Waals surface area contributed by atoms with Gasteiger partial charge in [-0.2, -0.15) is 18.3 Å². The number of nitrogens with zero attached hydrogens (tertiary/aromatic N) is 3. The Labute approximate surface area is 138 Å². The molecule has 24 heavy (non-hydrogen) atoms. The van der Waals surface area contributed by atoms with E-state index < -0.39 is 23.4 Å². The van der Waals surface area contributed by atoms with Crippen molar-refractivity contribution >= 4 is 28.5 Å². The highest BCUT2D eigenvalue weighted by atomic mass is 35.5. The second-order valence-corrected chi connectivity index (χ2v) is 5.51. The molecule has 0 aliphatic heterocycles. The second-order valence-electron chi connectivity index (χ2n) is 5.07. The molecule has 0 saturated carbocycles. The number of aromatic nitrogens is 3. The Kier molecular flexibility index (Phi) is 3.92. The predicted octanol–water partition coefficient (Wildman–Crippen LogP) is 3.85. The van der Waals surface area contributed by atoms with E-state index in [9.17, 15) is 18.0 Å². The summed E-state index contributed by atoms with van der Waals surface area (Å²) in [4.78, 5) is 15.1. The van der Waals surface area contributed by atoms with Crippen molar-refractivity contribution in [3.63, 3.8) is 0 Å². The van der Waals surface area contributed by atoms with Crippen molar-refractivity contribution in [1.29, 1.82) is 0 Å². The zero-order valence-electron chi connectivity index (χ0n) is 11.9. The van der Waals surface area contributed by atoms with Crippen molar-refractivity contribution in [2.45, 2.75) is 12.7 Å². The summed E-state index contributed by atoms with van der Waals surface area (Å²) in [6, 6.07) is 6.77. The van der Waals surface area contributed by atoms with Gasteiger partial charge in [-0.3, -0.25) is 9.67 Å². The van der Waals surface area contributed by atoms with Crippen LogP contribution in [0.4, 0.5) is 13.2 Å². The van der Waals surface area contributed by atoms with Gasteiger partial charge in [-0.15, -0.1) is 0 Å². The van der Waals surface area contributed by atoms with Crippen LogP contribution in [0.1, 0.15) is 21.6 Å². The van der Waals surface area contributed by atoms with Crippen molar-refractivity contribution in [3.8, 4) is 0 Å². The molecule has 124 valence electrons. The first-order chi connectivity index (χ1) is 11.2. The number of hydrogen-bond acceptors (Lipinski definition) is 3. The molecule has 9 heteroatoms. The zero-order chi connectivity index (χ0) is 17.5. The first kappa shape index (κ1) is 16.3. The Balaban J connectivity index is 1.98. The molecule has 5 nitrogen and oxygen atoms in total. The van der Waals surface area contributed by atoms with E-state index in [1.165, 1.54) is 6.20 Å². The number of carbonyl (C=O) groups is 1. The largest absolute Gasteiger partial charge is 0.476 e. The van der Waals surface area contributed by atoms with Crippen molar-refractivity contribution in [2.75, 3.05) is 0 Å². The number of rotatable bonds is 3. The molecule has 0 amide bonds. The quantitative estimate of drug-likeness (QED) is 0.775. The van der Waals surface area contributed by atoms with Crippen LogP contribution in [0.25, 0.3) is 10.9 Å². The number of carboxylic acid groups (broad SMARTS) is 1. The molecule has 0 spiro atoms. The number of benzene rings is 1. The minimum absolute atomic E-state index is 0.0151. The first-order valence-corrected chi connectivity index (χ1v) is 7.04. The van der Waals surface area contributed by atoms with Gasteiger partial charge in [0.1, 0.15) is 5.56 Å². The summed E-state index contributed by atoms with van der Waals surface area (Å²) in [6.07, 6.45) is -2.61. The zero-order valence-corrected chi connectivity index (χ0v) is 12.6. The summed E-state index contributed by atoms with van der Waals surface area (Å²) in [5.41, 5.74) is -0.973. The molecule has 3 rings (SSSR count). The van der Waals surface area contributed by atoms with Crippen LogP contribution in [0, 0.1) is 0 Å². The van der Waals surface area contributed by atoms with Crippen LogP contribution in [0.5, 0.6) is 0 Å². The van der Waals surface area contributed by atoms with Crippen LogP contribution >= 0.6 is 11.6 Å². The van der Waals surface area contributed by atoms with Gasteiger partial charge in [0.2, 0.25) is 0 Å².